The highest BCUT2D eigenvalue weighted by molar-refractivity contribution is 5.94. The van der Waals surface area contributed by atoms with Gasteiger partial charge in [0, 0.05) is 13.6 Å². The summed E-state index contributed by atoms with van der Waals surface area (Å²) in [7, 11) is 1.45. The van der Waals surface area contributed by atoms with Crippen molar-refractivity contribution >= 4 is 23.8 Å². The van der Waals surface area contributed by atoms with E-state index in [-0.39, 0.29) is 29.1 Å². The van der Waals surface area contributed by atoms with Gasteiger partial charge >= 0.3 is 6.09 Å². The zero-order valence-corrected chi connectivity index (χ0v) is 24.5. The van der Waals surface area contributed by atoms with Crippen LogP contribution >= 0.6 is 0 Å². The number of likely N-dealkylation sites (N-methyl/N-ethyl adjacent to an activating group) is 1. The van der Waals surface area contributed by atoms with E-state index in [1.165, 1.54) is 7.05 Å². The molecule has 4 amide bonds. The molecule has 1 saturated heterocycles. The number of likely N-dealkylation sites (tertiary alicyclic amines) is 1. The number of nitrogens with one attached hydrogen (secondary N) is 3. The van der Waals surface area contributed by atoms with Crippen LogP contribution in [-0.2, 0) is 19.1 Å². The molecule has 216 valence electrons. The van der Waals surface area contributed by atoms with Gasteiger partial charge in [-0.1, -0.05) is 53.9 Å². The molecule has 3 rings (SSSR count). The van der Waals surface area contributed by atoms with Crippen molar-refractivity contribution in [2.75, 3.05) is 13.6 Å². The molecule has 1 aliphatic heterocycles. The highest BCUT2D eigenvalue weighted by atomic mass is 16.6. The Morgan fingerprint density at radius 2 is 1.66 bits per heavy atom. The van der Waals surface area contributed by atoms with Gasteiger partial charge < -0.3 is 30.7 Å². The molecule has 0 aromatic heterocycles. The summed E-state index contributed by atoms with van der Waals surface area (Å²) in [6.07, 6.45) is 1.54. The van der Waals surface area contributed by atoms with Crippen molar-refractivity contribution in [1.82, 2.24) is 20.9 Å². The number of carbonyl (C=O) groups excluding carboxylic acids is 4. The van der Waals surface area contributed by atoms with Crippen molar-refractivity contribution in [3.05, 3.63) is 0 Å². The molecule has 4 N–H and O–H groups in total. The van der Waals surface area contributed by atoms with Crippen LogP contribution in [0, 0.1) is 28.6 Å². The molecule has 3 aliphatic rings. The standard InChI is InChI=1S/C28H48N4O6/c1-26(2,3)21(31-25(37)38-27(4,5)6)24(36)32-14-16-18(28(16,7)8)19(32)22(34)30-17(13-15-11-10-12-15)20(33)23(35)29-9/h15-21,33H,10-14H2,1-9H3,(H,29,35)(H,30,34)(H,31,37)/t16-,17?,18-,19-,20?,21+/m0/s1. The Balaban J connectivity index is 1.83. The molecule has 0 bridgehead atoms. The lowest BCUT2D eigenvalue weighted by molar-refractivity contribution is -0.145. The van der Waals surface area contributed by atoms with Crippen molar-refractivity contribution < 1.29 is 29.0 Å². The highest BCUT2D eigenvalue weighted by Crippen LogP contribution is 2.65. The second kappa shape index (κ2) is 10.7. The van der Waals surface area contributed by atoms with Crippen LogP contribution in [0.25, 0.3) is 0 Å². The van der Waals surface area contributed by atoms with Crippen molar-refractivity contribution in [2.24, 2.45) is 28.6 Å². The minimum atomic E-state index is -1.38. The number of carbonyl (C=O) groups is 4. The molecule has 10 heteroatoms. The summed E-state index contributed by atoms with van der Waals surface area (Å²) in [4.78, 5) is 54.2. The Morgan fingerprint density at radius 3 is 2.13 bits per heavy atom. The smallest absolute Gasteiger partial charge is 0.408 e. The van der Waals surface area contributed by atoms with Crippen molar-refractivity contribution in [3.8, 4) is 0 Å². The van der Waals surface area contributed by atoms with Crippen molar-refractivity contribution in [3.63, 3.8) is 0 Å². The van der Waals surface area contributed by atoms with Crippen molar-refractivity contribution in [2.45, 2.75) is 111 Å². The number of hydrogen-bond acceptors (Lipinski definition) is 6. The van der Waals surface area contributed by atoms with E-state index < -0.39 is 47.2 Å². The molecular formula is C28H48N4O6. The molecule has 38 heavy (non-hydrogen) atoms. The summed E-state index contributed by atoms with van der Waals surface area (Å²) in [5, 5.41) is 18.9. The van der Waals surface area contributed by atoms with E-state index in [1.54, 1.807) is 25.7 Å². The number of rotatable bonds is 8. The first-order chi connectivity index (χ1) is 17.4. The Bertz CT molecular complexity index is 933. The Kier molecular flexibility index (Phi) is 8.47. The van der Waals surface area contributed by atoms with Gasteiger partial charge in [-0.05, 0) is 55.8 Å². The van der Waals surface area contributed by atoms with Crippen LogP contribution in [0.2, 0.25) is 0 Å². The average Bonchev–Trinajstić information content (AvgIpc) is 3.08. The molecule has 10 nitrogen and oxygen atoms in total. The van der Waals surface area contributed by atoms with E-state index in [0.717, 1.165) is 19.3 Å². The van der Waals surface area contributed by atoms with Crippen LogP contribution in [0.15, 0.2) is 0 Å². The fourth-order valence-electron chi connectivity index (χ4n) is 6.01. The molecule has 2 saturated carbocycles. The molecule has 0 radical (unpaired) electrons. The fraction of sp³-hybridized carbons (Fsp3) is 0.857. The maximum Gasteiger partial charge on any atom is 0.408 e. The predicted octanol–water partition coefficient (Wildman–Crippen LogP) is 2.19. The SMILES string of the molecule is CNC(=O)C(O)C(CC1CCC1)NC(=O)[C@@H]1[C@@H]2[C@H](CN1C(=O)[C@@H](NC(=O)OC(C)(C)C)C(C)(C)C)C2(C)C. The Hall–Kier alpha value is -2.36. The zero-order chi connectivity index (χ0) is 28.8. The normalized spacial score (nSPS) is 26.8. The van der Waals surface area contributed by atoms with E-state index in [2.05, 4.69) is 29.8 Å². The van der Waals surface area contributed by atoms with Crippen LogP contribution in [0.4, 0.5) is 4.79 Å². The van der Waals surface area contributed by atoms with Gasteiger partial charge in [-0.3, -0.25) is 14.4 Å². The number of piperidine rings is 1. The van der Waals surface area contributed by atoms with Gasteiger partial charge in [0.05, 0.1) is 6.04 Å². The number of alkyl carbamates (subject to hydrolysis) is 1. The van der Waals surface area contributed by atoms with Crippen LogP contribution in [-0.4, -0.2) is 77.2 Å². The molecule has 1 heterocycles. The molecule has 0 aromatic carbocycles. The molecule has 0 aromatic rings. The van der Waals surface area contributed by atoms with Gasteiger partial charge in [-0.2, -0.15) is 0 Å². The number of nitrogens with zero attached hydrogens (tertiary/aromatic N) is 1. The second-order valence-corrected chi connectivity index (χ2v) is 14.0. The highest BCUT2D eigenvalue weighted by Gasteiger charge is 2.70. The predicted molar refractivity (Wildman–Crippen MR) is 143 cm³/mol. The lowest BCUT2D eigenvalue weighted by atomic mass is 9.79. The summed E-state index contributed by atoms with van der Waals surface area (Å²) < 4.78 is 5.41. The monoisotopic (exact) mass is 536 g/mol. The summed E-state index contributed by atoms with van der Waals surface area (Å²) >= 11 is 0. The largest absolute Gasteiger partial charge is 0.444 e. The van der Waals surface area contributed by atoms with Crippen molar-refractivity contribution in [1.29, 1.82) is 0 Å². The molecule has 0 spiro atoms. The van der Waals surface area contributed by atoms with E-state index in [1.807, 2.05) is 20.8 Å². The first kappa shape index (κ1) is 30.2. The van der Waals surface area contributed by atoms with Gasteiger partial charge in [0.1, 0.15) is 17.7 Å². The van der Waals surface area contributed by atoms with Crippen LogP contribution in [0.3, 0.4) is 0 Å². The third-order valence-electron chi connectivity index (χ3n) is 8.57. The third kappa shape index (κ3) is 6.43. The summed E-state index contributed by atoms with van der Waals surface area (Å²) in [5.74, 6) is -0.807. The zero-order valence-electron chi connectivity index (χ0n) is 24.5. The van der Waals surface area contributed by atoms with E-state index >= 15 is 0 Å². The first-order valence-corrected chi connectivity index (χ1v) is 13.9. The molecule has 3 fully saturated rings. The third-order valence-corrected chi connectivity index (χ3v) is 8.57. The number of aliphatic hydroxyl groups excluding tert-OH is 1. The Labute approximate surface area is 227 Å². The topological polar surface area (TPSA) is 137 Å². The van der Waals surface area contributed by atoms with Gasteiger partial charge in [0.25, 0.3) is 5.91 Å². The van der Waals surface area contributed by atoms with Gasteiger partial charge in [-0.15, -0.1) is 0 Å². The second-order valence-electron chi connectivity index (χ2n) is 14.0. The van der Waals surface area contributed by atoms with Gasteiger partial charge in [0.15, 0.2) is 6.10 Å². The van der Waals surface area contributed by atoms with Crippen LogP contribution < -0.4 is 16.0 Å². The van der Waals surface area contributed by atoms with Crippen LogP contribution in [0.5, 0.6) is 0 Å². The van der Waals surface area contributed by atoms with E-state index in [0.29, 0.717) is 18.9 Å². The number of aliphatic hydroxyl groups is 1. The molecular weight excluding hydrogens is 488 g/mol. The lowest BCUT2D eigenvalue weighted by Crippen LogP contribution is -2.61. The number of amides is 4. The molecule has 6 atom stereocenters. The minimum absolute atomic E-state index is 0.0462. The average molecular weight is 537 g/mol. The fourth-order valence-corrected chi connectivity index (χ4v) is 6.01. The maximum atomic E-state index is 14.0. The summed E-state index contributed by atoms with van der Waals surface area (Å²) in [5.41, 5.74) is -1.48. The summed E-state index contributed by atoms with van der Waals surface area (Å²) in [6.45, 7) is 15.4. The lowest BCUT2D eigenvalue weighted by Gasteiger charge is -2.38. The number of hydrogen-bond donors (Lipinski definition) is 4. The van der Waals surface area contributed by atoms with Gasteiger partial charge in [-0.25, -0.2) is 4.79 Å². The minimum Gasteiger partial charge on any atom is -0.444 e. The first-order valence-electron chi connectivity index (χ1n) is 13.9. The van der Waals surface area contributed by atoms with E-state index in [9.17, 15) is 24.3 Å². The quantitative estimate of drug-likeness (QED) is 0.375. The maximum absolute atomic E-state index is 14.0. The van der Waals surface area contributed by atoms with Gasteiger partial charge in [0.2, 0.25) is 11.8 Å². The molecule has 2 unspecified atom stereocenters. The number of fused-ring (bicyclic) bond motifs is 1. The summed E-state index contributed by atoms with van der Waals surface area (Å²) in [6, 6.07) is -2.41. The van der Waals surface area contributed by atoms with Crippen LogP contribution in [0.1, 0.15) is 81.1 Å². The van der Waals surface area contributed by atoms with E-state index in [4.69, 9.17) is 4.74 Å². The molecule has 2 aliphatic carbocycles. The number of ether oxygens (including phenoxy) is 1. The Morgan fingerprint density at radius 1 is 1.05 bits per heavy atom.